The van der Waals surface area contributed by atoms with E-state index in [1.165, 1.54) is 28.6 Å². The number of benzene rings is 2. The summed E-state index contributed by atoms with van der Waals surface area (Å²) in [4.78, 5) is 10.3. The average molecular weight is 440 g/mol. The van der Waals surface area contributed by atoms with Gasteiger partial charge in [-0.1, -0.05) is 0 Å². The van der Waals surface area contributed by atoms with Gasteiger partial charge in [0.2, 0.25) is 10.0 Å². The van der Waals surface area contributed by atoms with Crippen LogP contribution in [0.15, 0.2) is 47.4 Å². The number of rotatable bonds is 5. The van der Waals surface area contributed by atoms with E-state index >= 15 is 0 Å². The van der Waals surface area contributed by atoms with Gasteiger partial charge < -0.3 is 15.4 Å². The Labute approximate surface area is 171 Å². The highest BCUT2D eigenvalue weighted by atomic mass is 32.2. The number of sulfonamides is 1. The van der Waals surface area contributed by atoms with E-state index in [4.69, 9.17) is 17.0 Å². The van der Waals surface area contributed by atoms with Crippen LogP contribution in [0.2, 0.25) is 0 Å². The van der Waals surface area contributed by atoms with E-state index in [1.54, 1.807) is 0 Å². The van der Waals surface area contributed by atoms with Gasteiger partial charge in [-0.3, -0.25) is 10.1 Å². The highest BCUT2D eigenvalue weighted by Gasteiger charge is 2.26. The van der Waals surface area contributed by atoms with Crippen LogP contribution in [0.25, 0.3) is 0 Å². The van der Waals surface area contributed by atoms with Gasteiger partial charge in [0, 0.05) is 30.9 Å². The Kier molecular flexibility index (Phi) is 6.37. The molecule has 0 aliphatic carbocycles. The molecule has 0 aromatic heterocycles. The third-order valence-electron chi connectivity index (χ3n) is 4.13. The summed E-state index contributed by atoms with van der Waals surface area (Å²) in [6, 6.07) is 8.95. The number of nitro benzene ring substituents is 1. The smallest absolute Gasteiger partial charge is 0.271 e. The maximum Gasteiger partial charge on any atom is 0.271 e. The Bertz CT molecular complexity index is 1020. The van der Waals surface area contributed by atoms with Crippen LogP contribution in [-0.2, 0) is 14.8 Å². The van der Waals surface area contributed by atoms with Crippen molar-refractivity contribution in [3.8, 4) is 0 Å². The molecule has 1 aliphatic rings. The van der Waals surface area contributed by atoms with Crippen molar-refractivity contribution in [2.45, 2.75) is 4.90 Å². The van der Waals surface area contributed by atoms with Crippen molar-refractivity contribution in [2.24, 2.45) is 0 Å². The molecule has 1 saturated heterocycles. The normalized spacial score (nSPS) is 14.9. The Morgan fingerprint density at radius 1 is 1.14 bits per heavy atom. The number of nitrogens with zero attached hydrogens (tertiary/aromatic N) is 2. The zero-order chi connectivity index (χ0) is 21.0. The van der Waals surface area contributed by atoms with Crippen molar-refractivity contribution in [1.29, 1.82) is 0 Å². The molecule has 1 aliphatic heterocycles. The van der Waals surface area contributed by atoms with Crippen molar-refractivity contribution >= 4 is 44.4 Å². The molecule has 2 aromatic carbocycles. The lowest BCUT2D eigenvalue weighted by Gasteiger charge is -2.26. The van der Waals surface area contributed by atoms with E-state index in [-0.39, 0.29) is 21.4 Å². The first-order valence-electron chi connectivity index (χ1n) is 8.47. The lowest BCUT2D eigenvalue weighted by atomic mass is 10.2. The highest BCUT2D eigenvalue weighted by Crippen LogP contribution is 2.22. The fourth-order valence-electron chi connectivity index (χ4n) is 2.65. The van der Waals surface area contributed by atoms with E-state index in [1.807, 2.05) is 0 Å². The van der Waals surface area contributed by atoms with Gasteiger partial charge in [-0.05, 0) is 42.5 Å². The van der Waals surface area contributed by atoms with Crippen molar-refractivity contribution in [2.75, 3.05) is 36.9 Å². The SMILES string of the molecule is O=[N+]([O-])c1ccc(F)c(NC(=S)Nc2ccc(S(=O)(=O)N3CCOCC3)cc2)c1. The second-order valence-corrected chi connectivity index (χ2v) is 8.39. The Balaban J connectivity index is 1.67. The molecular formula is C17H17FN4O5S2. The molecular weight excluding hydrogens is 423 g/mol. The van der Waals surface area contributed by atoms with Crippen LogP contribution in [-0.4, -0.2) is 49.1 Å². The molecule has 0 amide bonds. The summed E-state index contributed by atoms with van der Waals surface area (Å²) in [7, 11) is -3.61. The largest absolute Gasteiger partial charge is 0.379 e. The van der Waals surface area contributed by atoms with E-state index in [2.05, 4.69) is 10.6 Å². The topological polar surface area (TPSA) is 114 Å². The second-order valence-electron chi connectivity index (χ2n) is 6.04. The van der Waals surface area contributed by atoms with E-state index in [0.717, 1.165) is 18.2 Å². The van der Waals surface area contributed by atoms with Crippen LogP contribution in [0.5, 0.6) is 0 Å². The van der Waals surface area contributed by atoms with Crippen LogP contribution >= 0.6 is 12.2 Å². The number of non-ortho nitro benzene ring substituents is 1. The summed E-state index contributed by atoms with van der Waals surface area (Å²) in [6.45, 7) is 1.30. The minimum atomic E-state index is -3.61. The summed E-state index contributed by atoms with van der Waals surface area (Å²) in [5.41, 5.74) is 0.0341. The fourth-order valence-corrected chi connectivity index (χ4v) is 4.29. The Hall–Kier alpha value is -2.67. The average Bonchev–Trinajstić information content (AvgIpc) is 2.70. The summed E-state index contributed by atoms with van der Waals surface area (Å²) in [6.07, 6.45) is 0. The molecule has 2 N–H and O–H groups in total. The first-order chi connectivity index (χ1) is 13.8. The molecule has 0 atom stereocenters. The van der Waals surface area contributed by atoms with Gasteiger partial charge in [-0.2, -0.15) is 4.31 Å². The molecule has 0 bridgehead atoms. The van der Waals surface area contributed by atoms with Gasteiger partial charge in [0.25, 0.3) is 5.69 Å². The van der Waals surface area contributed by atoms with Gasteiger partial charge in [0.1, 0.15) is 5.82 Å². The maximum absolute atomic E-state index is 13.8. The van der Waals surface area contributed by atoms with Gasteiger partial charge >= 0.3 is 0 Å². The lowest BCUT2D eigenvalue weighted by Crippen LogP contribution is -2.40. The van der Waals surface area contributed by atoms with Gasteiger partial charge in [0.15, 0.2) is 5.11 Å². The number of halogens is 1. The molecule has 2 aromatic rings. The summed E-state index contributed by atoms with van der Waals surface area (Å²) in [5.74, 6) is -0.702. The third-order valence-corrected chi connectivity index (χ3v) is 6.25. The number of morpholine rings is 1. The molecule has 9 nitrogen and oxygen atoms in total. The van der Waals surface area contributed by atoms with Crippen LogP contribution < -0.4 is 10.6 Å². The zero-order valence-electron chi connectivity index (χ0n) is 15.0. The molecule has 0 saturated carbocycles. The monoisotopic (exact) mass is 440 g/mol. The van der Waals surface area contributed by atoms with Gasteiger partial charge in [-0.15, -0.1) is 0 Å². The molecule has 3 rings (SSSR count). The summed E-state index contributed by atoms with van der Waals surface area (Å²) in [5, 5.41) is 16.1. The number of hydrogen-bond acceptors (Lipinski definition) is 6. The van der Waals surface area contributed by atoms with Crippen molar-refractivity contribution in [3.63, 3.8) is 0 Å². The molecule has 0 spiro atoms. The standard InChI is InChI=1S/C17H17FN4O5S2/c18-15-6-3-13(22(23)24)11-16(15)20-17(28)19-12-1-4-14(5-2-12)29(25,26)21-7-9-27-10-8-21/h1-6,11H,7-10H2,(H2,19,20,28). The van der Waals surface area contributed by atoms with E-state index in [9.17, 15) is 22.9 Å². The number of anilines is 2. The predicted molar refractivity (Wildman–Crippen MR) is 109 cm³/mol. The number of nitro groups is 1. The summed E-state index contributed by atoms with van der Waals surface area (Å²) < 4.78 is 45.6. The van der Waals surface area contributed by atoms with Crippen molar-refractivity contribution in [1.82, 2.24) is 4.31 Å². The molecule has 12 heteroatoms. The minimum Gasteiger partial charge on any atom is -0.379 e. The van der Waals surface area contributed by atoms with Crippen molar-refractivity contribution < 1.29 is 22.5 Å². The third kappa shape index (κ3) is 5.03. The number of ether oxygens (including phenoxy) is 1. The fraction of sp³-hybridized carbons (Fsp3) is 0.235. The highest BCUT2D eigenvalue weighted by molar-refractivity contribution is 7.89. The zero-order valence-corrected chi connectivity index (χ0v) is 16.6. The van der Waals surface area contributed by atoms with Crippen LogP contribution in [0.3, 0.4) is 0 Å². The van der Waals surface area contributed by atoms with Crippen LogP contribution in [0.1, 0.15) is 0 Å². The first-order valence-corrected chi connectivity index (χ1v) is 10.3. The second kappa shape index (κ2) is 8.78. The first kappa shape index (κ1) is 21.0. The predicted octanol–water partition coefficient (Wildman–Crippen LogP) is 2.56. The Morgan fingerprint density at radius 2 is 1.79 bits per heavy atom. The molecule has 0 radical (unpaired) electrons. The quantitative estimate of drug-likeness (QED) is 0.414. The summed E-state index contributed by atoms with van der Waals surface area (Å²) >= 11 is 5.10. The minimum absolute atomic E-state index is 0.00631. The maximum atomic E-state index is 13.8. The molecule has 29 heavy (non-hydrogen) atoms. The molecule has 1 heterocycles. The number of nitrogens with one attached hydrogen (secondary N) is 2. The number of hydrogen-bond donors (Lipinski definition) is 2. The van der Waals surface area contributed by atoms with E-state index < -0.39 is 20.8 Å². The Morgan fingerprint density at radius 3 is 2.41 bits per heavy atom. The lowest BCUT2D eigenvalue weighted by molar-refractivity contribution is -0.384. The molecule has 154 valence electrons. The van der Waals surface area contributed by atoms with Crippen LogP contribution in [0.4, 0.5) is 21.5 Å². The number of thiocarbonyl (C=S) groups is 1. The van der Waals surface area contributed by atoms with E-state index in [0.29, 0.717) is 32.0 Å². The molecule has 1 fully saturated rings. The van der Waals surface area contributed by atoms with Crippen molar-refractivity contribution in [3.05, 3.63) is 58.4 Å². The molecule has 0 unspecified atom stereocenters. The van der Waals surface area contributed by atoms with Crippen LogP contribution in [0, 0.1) is 15.9 Å². The van der Waals surface area contributed by atoms with Gasteiger partial charge in [0.05, 0.1) is 28.7 Å². The van der Waals surface area contributed by atoms with Gasteiger partial charge in [-0.25, -0.2) is 12.8 Å².